The van der Waals surface area contributed by atoms with Gasteiger partial charge in [-0.2, -0.15) is 0 Å². The Hall–Kier alpha value is -0.150. The summed E-state index contributed by atoms with van der Waals surface area (Å²) in [5.41, 5.74) is 5.38. The summed E-state index contributed by atoms with van der Waals surface area (Å²) in [4.78, 5) is 0. The second-order valence-electron chi connectivity index (χ2n) is 2.60. The Balaban J connectivity index is 2.41. The van der Waals surface area contributed by atoms with Crippen LogP contribution in [-0.2, 0) is 0 Å². The minimum Gasteiger partial charge on any atom is -0.388 e. The number of nitrogens with two attached hydrogens (primary N) is 1. The SMILES string of the molecule is N[C@H]1CCC[C@H](F)[C@H]1O. The van der Waals surface area contributed by atoms with E-state index in [2.05, 4.69) is 0 Å². The van der Waals surface area contributed by atoms with Gasteiger partial charge in [0.1, 0.15) is 12.3 Å². The molecule has 3 N–H and O–H groups in total. The van der Waals surface area contributed by atoms with E-state index < -0.39 is 12.3 Å². The van der Waals surface area contributed by atoms with Crippen LogP contribution >= 0.6 is 0 Å². The van der Waals surface area contributed by atoms with Gasteiger partial charge in [0, 0.05) is 6.04 Å². The van der Waals surface area contributed by atoms with E-state index in [4.69, 9.17) is 10.8 Å². The molecular formula is C6H12FNO. The molecule has 0 unspecified atom stereocenters. The van der Waals surface area contributed by atoms with Crippen LogP contribution in [0.4, 0.5) is 4.39 Å². The summed E-state index contributed by atoms with van der Waals surface area (Å²) >= 11 is 0. The number of aliphatic hydroxyl groups excluding tert-OH is 1. The van der Waals surface area contributed by atoms with Gasteiger partial charge >= 0.3 is 0 Å². The minimum absolute atomic E-state index is 0.339. The third-order valence-electron chi connectivity index (χ3n) is 1.83. The maximum absolute atomic E-state index is 12.5. The fourth-order valence-electron chi connectivity index (χ4n) is 1.16. The first-order valence-corrected chi connectivity index (χ1v) is 3.29. The number of alkyl halides is 1. The molecule has 54 valence electrons. The average Bonchev–Trinajstić information content (AvgIpc) is 1.83. The summed E-state index contributed by atoms with van der Waals surface area (Å²) in [6, 6.07) is -0.339. The van der Waals surface area contributed by atoms with Gasteiger partial charge in [0.15, 0.2) is 0 Å². The van der Waals surface area contributed by atoms with Crippen LogP contribution in [0.3, 0.4) is 0 Å². The Morgan fingerprint density at radius 1 is 1.44 bits per heavy atom. The summed E-state index contributed by atoms with van der Waals surface area (Å²) in [6.07, 6.45) is 0.0167. The summed E-state index contributed by atoms with van der Waals surface area (Å²) in [6.45, 7) is 0. The normalized spacial score (nSPS) is 45.0. The quantitative estimate of drug-likeness (QED) is 0.495. The van der Waals surface area contributed by atoms with Crippen LogP contribution in [-0.4, -0.2) is 23.4 Å². The van der Waals surface area contributed by atoms with E-state index in [1.165, 1.54) is 0 Å². The van der Waals surface area contributed by atoms with E-state index in [0.29, 0.717) is 6.42 Å². The molecule has 0 spiro atoms. The fraction of sp³-hybridized carbons (Fsp3) is 1.00. The summed E-state index contributed by atoms with van der Waals surface area (Å²) in [7, 11) is 0. The van der Waals surface area contributed by atoms with Gasteiger partial charge in [0.05, 0.1) is 0 Å². The van der Waals surface area contributed by atoms with E-state index in [1.807, 2.05) is 0 Å². The summed E-state index contributed by atoms with van der Waals surface area (Å²) in [5.74, 6) is 0. The van der Waals surface area contributed by atoms with Gasteiger partial charge < -0.3 is 10.8 Å². The van der Waals surface area contributed by atoms with Crippen LogP contribution < -0.4 is 5.73 Å². The predicted octanol–water partition coefficient (Wildman–Crippen LogP) is 0.197. The maximum Gasteiger partial charge on any atom is 0.127 e. The van der Waals surface area contributed by atoms with Crippen molar-refractivity contribution in [2.75, 3.05) is 0 Å². The van der Waals surface area contributed by atoms with Gasteiger partial charge in [0.25, 0.3) is 0 Å². The molecule has 1 saturated carbocycles. The number of hydrogen-bond acceptors (Lipinski definition) is 2. The highest BCUT2D eigenvalue weighted by Gasteiger charge is 2.28. The zero-order valence-electron chi connectivity index (χ0n) is 5.26. The lowest BCUT2D eigenvalue weighted by Gasteiger charge is -2.26. The van der Waals surface area contributed by atoms with Gasteiger partial charge in [-0.25, -0.2) is 4.39 Å². The molecule has 0 saturated heterocycles. The Bertz CT molecular complexity index is 89.1. The van der Waals surface area contributed by atoms with Crippen molar-refractivity contribution >= 4 is 0 Å². The first-order chi connectivity index (χ1) is 4.22. The molecule has 0 aromatic rings. The minimum atomic E-state index is -1.09. The zero-order chi connectivity index (χ0) is 6.85. The number of hydrogen-bond donors (Lipinski definition) is 2. The molecule has 2 nitrogen and oxygen atoms in total. The third-order valence-corrected chi connectivity index (χ3v) is 1.83. The highest BCUT2D eigenvalue weighted by Crippen LogP contribution is 2.19. The summed E-state index contributed by atoms with van der Waals surface area (Å²) < 4.78 is 12.5. The molecule has 0 aromatic carbocycles. The van der Waals surface area contributed by atoms with Crippen molar-refractivity contribution < 1.29 is 9.50 Å². The number of halogens is 1. The lowest BCUT2D eigenvalue weighted by atomic mass is 9.92. The van der Waals surface area contributed by atoms with Crippen molar-refractivity contribution in [3.8, 4) is 0 Å². The topological polar surface area (TPSA) is 46.2 Å². The fourth-order valence-corrected chi connectivity index (χ4v) is 1.16. The highest BCUT2D eigenvalue weighted by atomic mass is 19.1. The van der Waals surface area contributed by atoms with Crippen molar-refractivity contribution in [3.63, 3.8) is 0 Å². The first kappa shape index (κ1) is 6.96. The molecule has 0 aromatic heterocycles. The zero-order valence-corrected chi connectivity index (χ0v) is 5.26. The Kier molecular flexibility index (Phi) is 2.03. The molecule has 3 heteroatoms. The van der Waals surface area contributed by atoms with E-state index in [0.717, 1.165) is 12.8 Å². The predicted molar refractivity (Wildman–Crippen MR) is 32.7 cm³/mol. The molecule has 1 aliphatic carbocycles. The standard InChI is InChI=1S/C6H12FNO/c7-4-2-1-3-5(8)6(4)9/h4-6,9H,1-3,8H2/t4-,5-,6+/m0/s1. The van der Waals surface area contributed by atoms with Crippen LogP contribution in [0.2, 0.25) is 0 Å². The second kappa shape index (κ2) is 2.62. The Labute approximate surface area is 53.9 Å². The molecule has 1 aliphatic rings. The molecular weight excluding hydrogens is 121 g/mol. The van der Waals surface area contributed by atoms with E-state index in [-0.39, 0.29) is 6.04 Å². The monoisotopic (exact) mass is 133 g/mol. The van der Waals surface area contributed by atoms with Gasteiger partial charge in [-0.3, -0.25) is 0 Å². The lowest BCUT2D eigenvalue weighted by Crippen LogP contribution is -2.44. The van der Waals surface area contributed by atoms with Gasteiger partial charge in [-0.15, -0.1) is 0 Å². The molecule has 0 radical (unpaired) electrons. The molecule has 3 atom stereocenters. The van der Waals surface area contributed by atoms with Gasteiger partial charge in [0.2, 0.25) is 0 Å². The largest absolute Gasteiger partial charge is 0.388 e. The second-order valence-corrected chi connectivity index (χ2v) is 2.60. The molecule has 0 bridgehead atoms. The molecule has 1 fully saturated rings. The molecule has 0 heterocycles. The van der Waals surface area contributed by atoms with Gasteiger partial charge in [-0.05, 0) is 19.3 Å². The average molecular weight is 133 g/mol. The highest BCUT2D eigenvalue weighted by molar-refractivity contribution is 4.83. The molecule has 1 rings (SSSR count). The van der Waals surface area contributed by atoms with Crippen molar-refractivity contribution in [1.29, 1.82) is 0 Å². The molecule has 0 aliphatic heterocycles. The van der Waals surface area contributed by atoms with Crippen LogP contribution in [0.15, 0.2) is 0 Å². The Morgan fingerprint density at radius 2 is 2.11 bits per heavy atom. The van der Waals surface area contributed by atoms with Crippen LogP contribution in [0.1, 0.15) is 19.3 Å². The van der Waals surface area contributed by atoms with E-state index in [1.54, 1.807) is 0 Å². The molecule has 9 heavy (non-hydrogen) atoms. The van der Waals surface area contributed by atoms with Crippen LogP contribution in [0.25, 0.3) is 0 Å². The van der Waals surface area contributed by atoms with Crippen molar-refractivity contribution in [2.45, 2.75) is 37.6 Å². The number of aliphatic hydroxyl groups is 1. The van der Waals surface area contributed by atoms with Gasteiger partial charge in [-0.1, -0.05) is 0 Å². The Morgan fingerprint density at radius 3 is 2.56 bits per heavy atom. The van der Waals surface area contributed by atoms with Crippen molar-refractivity contribution in [3.05, 3.63) is 0 Å². The molecule has 0 amide bonds. The van der Waals surface area contributed by atoms with Crippen LogP contribution in [0.5, 0.6) is 0 Å². The lowest BCUT2D eigenvalue weighted by molar-refractivity contribution is 0.0284. The first-order valence-electron chi connectivity index (χ1n) is 3.29. The van der Waals surface area contributed by atoms with Crippen LogP contribution in [0, 0.1) is 0 Å². The third kappa shape index (κ3) is 1.40. The maximum atomic E-state index is 12.5. The summed E-state index contributed by atoms with van der Waals surface area (Å²) in [5, 5.41) is 8.95. The van der Waals surface area contributed by atoms with Crippen molar-refractivity contribution in [2.24, 2.45) is 5.73 Å². The van der Waals surface area contributed by atoms with E-state index >= 15 is 0 Å². The number of rotatable bonds is 0. The van der Waals surface area contributed by atoms with Crippen molar-refractivity contribution in [1.82, 2.24) is 0 Å². The van der Waals surface area contributed by atoms with E-state index in [9.17, 15) is 4.39 Å². The smallest absolute Gasteiger partial charge is 0.127 e.